The van der Waals surface area contributed by atoms with Crippen molar-refractivity contribution in [1.82, 2.24) is 5.32 Å². The van der Waals surface area contributed by atoms with E-state index in [1.165, 1.54) is 6.07 Å². The molecule has 0 radical (unpaired) electrons. The second-order valence-corrected chi connectivity index (χ2v) is 5.86. The number of amides is 1. The Morgan fingerprint density at radius 2 is 1.92 bits per heavy atom. The fraction of sp³-hybridized carbons (Fsp3) is 0.278. The van der Waals surface area contributed by atoms with Crippen molar-refractivity contribution in [2.45, 2.75) is 12.6 Å². The normalized spacial score (nSPS) is 11.1. The molecule has 2 N–H and O–H groups in total. The number of alkyl halides is 3. The number of hydrogen-bond donors (Lipinski definition) is 2. The maximum absolute atomic E-state index is 12.8. The molecule has 140 valence electrons. The Kier molecular flexibility index (Phi) is 6.74. The number of ether oxygens (including phenoxy) is 1. The van der Waals surface area contributed by atoms with Crippen molar-refractivity contribution in [3.63, 3.8) is 0 Å². The van der Waals surface area contributed by atoms with Crippen LogP contribution in [0.5, 0.6) is 5.75 Å². The number of methoxy groups -OCH3 is 1. The number of hydrogen-bond acceptors (Lipinski definition) is 3. The van der Waals surface area contributed by atoms with Gasteiger partial charge in [-0.15, -0.1) is 0 Å². The van der Waals surface area contributed by atoms with E-state index in [0.29, 0.717) is 13.0 Å². The van der Waals surface area contributed by atoms with E-state index in [9.17, 15) is 18.0 Å². The molecule has 0 fully saturated rings. The van der Waals surface area contributed by atoms with E-state index in [1.807, 2.05) is 24.3 Å². The van der Waals surface area contributed by atoms with Crippen LogP contribution in [-0.2, 0) is 17.4 Å². The lowest BCUT2D eigenvalue weighted by molar-refractivity contribution is -0.137. The first-order valence-electron chi connectivity index (χ1n) is 7.80. The Balaban J connectivity index is 1.84. The summed E-state index contributed by atoms with van der Waals surface area (Å²) < 4.78 is 43.7. The van der Waals surface area contributed by atoms with Crippen molar-refractivity contribution in [2.75, 3.05) is 25.5 Å². The average molecular weight is 387 g/mol. The number of carbonyl (C=O) groups excluding carboxylic acids is 1. The molecule has 0 unspecified atom stereocenters. The van der Waals surface area contributed by atoms with Crippen LogP contribution in [0.3, 0.4) is 0 Å². The molecular weight excluding hydrogens is 369 g/mol. The number of carbonyl (C=O) groups is 1. The fourth-order valence-corrected chi connectivity index (χ4v) is 2.57. The maximum atomic E-state index is 12.8. The summed E-state index contributed by atoms with van der Waals surface area (Å²) >= 11 is 5.56. The first-order chi connectivity index (χ1) is 12.3. The molecule has 2 rings (SSSR count). The van der Waals surface area contributed by atoms with Gasteiger partial charge in [-0.05, 0) is 36.2 Å². The van der Waals surface area contributed by atoms with Crippen molar-refractivity contribution < 1.29 is 22.7 Å². The molecule has 0 aliphatic heterocycles. The van der Waals surface area contributed by atoms with Crippen LogP contribution in [0.25, 0.3) is 0 Å². The molecule has 0 aliphatic carbocycles. The Hall–Kier alpha value is -2.41. The van der Waals surface area contributed by atoms with Gasteiger partial charge >= 0.3 is 6.18 Å². The minimum absolute atomic E-state index is 0.148. The van der Waals surface area contributed by atoms with Crippen LogP contribution in [0, 0.1) is 0 Å². The van der Waals surface area contributed by atoms with Gasteiger partial charge in [-0.2, -0.15) is 13.2 Å². The SMILES string of the molecule is COc1ccccc1CCNC(=O)CNc1ccc(Cl)c(C(F)(F)F)c1. The minimum Gasteiger partial charge on any atom is -0.496 e. The molecule has 4 nitrogen and oxygen atoms in total. The standard InChI is InChI=1S/C18H18ClF3N2O2/c1-26-16-5-3-2-4-12(16)8-9-23-17(25)11-24-13-6-7-15(19)14(10-13)18(20,21)22/h2-7,10,24H,8-9,11H2,1H3,(H,23,25). The summed E-state index contributed by atoms with van der Waals surface area (Å²) in [6.45, 7) is 0.236. The molecule has 8 heteroatoms. The second-order valence-electron chi connectivity index (χ2n) is 5.46. The fourth-order valence-electron chi connectivity index (χ4n) is 2.34. The summed E-state index contributed by atoms with van der Waals surface area (Å²) in [7, 11) is 1.57. The highest BCUT2D eigenvalue weighted by atomic mass is 35.5. The van der Waals surface area contributed by atoms with Gasteiger partial charge in [-0.25, -0.2) is 0 Å². The summed E-state index contributed by atoms with van der Waals surface area (Å²) in [6.07, 6.45) is -3.97. The number of anilines is 1. The van der Waals surface area contributed by atoms with Crippen molar-refractivity contribution in [1.29, 1.82) is 0 Å². The molecule has 26 heavy (non-hydrogen) atoms. The second kappa shape index (κ2) is 8.80. The molecule has 0 spiro atoms. The third-order valence-electron chi connectivity index (χ3n) is 3.63. The number of benzene rings is 2. The molecular formula is C18H18ClF3N2O2. The molecule has 2 aromatic rings. The average Bonchev–Trinajstić information content (AvgIpc) is 2.60. The maximum Gasteiger partial charge on any atom is 0.417 e. The molecule has 0 bridgehead atoms. The van der Waals surface area contributed by atoms with Crippen LogP contribution in [-0.4, -0.2) is 26.1 Å². The van der Waals surface area contributed by atoms with Crippen LogP contribution >= 0.6 is 11.6 Å². The van der Waals surface area contributed by atoms with E-state index in [4.69, 9.17) is 16.3 Å². The summed E-state index contributed by atoms with van der Waals surface area (Å²) in [4.78, 5) is 11.9. The van der Waals surface area contributed by atoms with Crippen molar-refractivity contribution in [2.24, 2.45) is 0 Å². The van der Waals surface area contributed by atoms with E-state index in [2.05, 4.69) is 10.6 Å². The highest BCUT2D eigenvalue weighted by Crippen LogP contribution is 2.36. The van der Waals surface area contributed by atoms with Gasteiger partial charge in [0.05, 0.1) is 24.2 Å². The van der Waals surface area contributed by atoms with Crippen LogP contribution in [0.4, 0.5) is 18.9 Å². The van der Waals surface area contributed by atoms with Gasteiger partial charge in [0.2, 0.25) is 5.91 Å². The Morgan fingerprint density at radius 3 is 2.62 bits per heavy atom. The highest BCUT2D eigenvalue weighted by Gasteiger charge is 2.33. The molecule has 0 saturated carbocycles. The van der Waals surface area contributed by atoms with Gasteiger partial charge in [0.15, 0.2) is 0 Å². The topological polar surface area (TPSA) is 50.4 Å². The number of nitrogens with one attached hydrogen (secondary N) is 2. The van der Waals surface area contributed by atoms with E-state index in [-0.39, 0.29) is 23.2 Å². The van der Waals surface area contributed by atoms with E-state index < -0.39 is 11.7 Å². The van der Waals surface area contributed by atoms with E-state index in [0.717, 1.165) is 23.4 Å². The molecule has 0 saturated heterocycles. The zero-order chi connectivity index (χ0) is 19.2. The zero-order valence-electron chi connectivity index (χ0n) is 14.0. The first kappa shape index (κ1) is 19.9. The van der Waals surface area contributed by atoms with Crippen LogP contribution in [0.2, 0.25) is 5.02 Å². The smallest absolute Gasteiger partial charge is 0.417 e. The van der Waals surface area contributed by atoms with Crippen LogP contribution in [0.15, 0.2) is 42.5 Å². The third-order valence-corrected chi connectivity index (χ3v) is 3.96. The van der Waals surface area contributed by atoms with Gasteiger partial charge in [-0.1, -0.05) is 29.8 Å². The highest BCUT2D eigenvalue weighted by molar-refractivity contribution is 6.31. The largest absolute Gasteiger partial charge is 0.496 e. The Bertz CT molecular complexity index is 766. The molecule has 1 amide bonds. The number of halogens is 4. The van der Waals surface area contributed by atoms with Gasteiger partial charge in [0, 0.05) is 12.2 Å². The third kappa shape index (κ3) is 5.56. The Morgan fingerprint density at radius 1 is 1.19 bits per heavy atom. The summed E-state index contributed by atoms with van der Waals surface area (Å²) in [5.74, 6) is 0.407. The van der Waals surface area contributed by atoms with Crippen molar-refractivity contribution >= 4 is 23.2 Å². The molecule has 0 atom stereocenters. The van der Waals surface area contributed by atoms with E-state index >= 15 is 0 Å². The predicted molar refractivity (Wildman–Crippen MR) is 94.7 cm³/mol. The summed E-state index contributed by atoms with van der Waals surface area (Å²) in [5, 5.41) is 4.98. The summed E-state index contributed by atoms with van der Waals surface area (Å²) in [5.41, 5.74) is 0.179. The van der Waals surface area contributed by atoms with Gasteiger partial charge in [-0.3, -0.25) is 4.79 Å². The number of rotatable bonds is 7. The molecule has 0 aliphatic rings. The lowest BCUT2D eigenvalue weighted by atomic mass is 10.1. The van der Waals surface area contributed by atoms with Gasteiger partial charge in [0.1, 0.15) is 5.75 Å². The monoisotopic (exact) mass is 386 g/mol. The van der Waals surface area contributed by atoms with Crippen LogP contribution in [0.1, 0.15) is 11.1 Å². The van der Waals surface area contributed by atoms with E-state index in [1.54, 1.807) is 7.11 Å². The predicted octanol–water partition coefficient (Wildman–Crippen LogP) is 4.14. The number of para-hydroxylation sites is 1. The van der Waals surface area contributed by atoms with Crippen molar-refractivity contribution in [3.05, 3.63) is 58.6 Å². The summed E-state index contributed by atoms with van der Waals surface area (Å²) in [6, 6.07) is 10.9. The lowest BCUT2D eigenvalue weighted by Crippen LogP contribution is -2.31. The molecule has 2 aromatic carbocycles. The molecule has 0 heterocycles. The van der Waals surface area contributed by atoms with Gasteiger partial charge < -0.3 is 15.4 Å². The molecule has 0 aromatic heterocycles. The van der Waals surface area contributed by atoms with Crippen LogP contribution < -0.4 is 15.4 Å². The first-order valence-corrected chi connectivity index (χ1v) is 8.18. The zero-order valence-corrected chi connectivity index (χ0v) is 14.7. The van der Waals surface area contributed by atoms with Gasteiger partial charge in [0.25, 0.3) is 0 Å². The Labute approximate surface area is 154 Å². The van der Waals surface area contributed by atoms with Crippen molar-refractivity contribution in [3.8, 4) is 5.75 Å². The minimum atomic E-state index is -4.55. The lowest BCUT2D eigenvalue weighted by Gasteiger charge is -2.13. The quantitative estimate of drug-likeness (QED) is 0.752.